The predicted molar refractivity (Wildman–Crippen MR) is 96.3 cm³/mol. The first-order valence-electron chi connectivity index (χ1n) is 7.75. The standard InChI is InChI=1S/C16H23FN6S/c1-4-18-16(20-9-15-22-21-11-23(15)2)19-8-12-5-6-14(17)7-13(12)10-24-3/h5-7,11H,4,8-10H2,1-3H3,(H2,18,19,20). The molecule has 24 heavy (non-hydrogen) atoms. The van der Waals surface area contributed by atoms with Crippen LogP contribution in [0.2, 0.25) is 0 Å². The van der Waals surface area contributed by atoms with Crippen molar-refractivity contribution in [1.82, 2.24) is 25.4 Å². The largest absolute Gasteiger partial charge is 0.357 e. The molecule has 2 rings (SSSR count). The molecule has 0 atom stereocenters. The summed E-state index contributed by atoms with van der Waals surface area (Å²) >= 11 is 1.67. The van der Waals surface area contributed by atoms with E-state index in [1.165, 1.54) is 6.07 Å². The van der Waals surface area contributed by atoms with Gasteiger partial charge in [0.1, 0.15) is 12.1 Å². The second-order valence-corrected chi connectivity index (χ2v) is 6.12. The second-order valence-electron chi connectivity index (χ2n) is 5.25. The summed E-state index contributed by atoms with van der Waals surface area (Å²) in [4.78, 5) is 4.59. The van der Waals surface area contributed by atoms with Crippen molar-refractivity contribution in [2.75, 3.05) is 12.8 Å². The Morgan fingerprint density at radius 1 is 1.33 bits per heavy atom. The molecule has 0 aliphatic rings. The molecular weight excluding hydrogens is 327 g/mol. The molecule has 0 amide bonds. The molecule has 2 N–H and O–H groups in total. The minimum atomic E-state index is -0.209. The van der Waals surface area contributed by atoms with E-state index in [0.29, 0.717) is 19.0 Å². The monoisotopic (exact) mass is 350 g/mol. The van der Waals surface area contributed by atoms with E-state index in [1.54, 1.807) is 30.2 Å². The van der Waals surface area contributed by atoms with Crippen molar-refractivity contribution in [1.29, 1.82) is 0 Å². The summed E-state index contributed by atoms with van der Waals surface area (Å²) in [5.41, 5.74) is 2.01. The lowest BCUT2D eigenvalue weighted by molar-refractivity contribution is 0.625. The maximum atomic E-state index is 13.4. The molecule has 0 radical (unpaired) electrons. The maximum Gasteiger partial charge on any atom is 0.191 e. The van der Waals surface area contributed by atoms with Crippen molar-refractivity contribution < 1.29 is 4.39 Å². The highest BCUT2D eigenvalue weighted by atomic mass is 32.2. The fourth-order valence-electron chi connectivity index (χ4n) is 2.17. The first-order valence-corrected chi connectivity index (χ1v) is 9.14. The number of hydrogen-bond acceptors (Lipinski definition) is 4. The number of guanidine groups is 1. The number of aryl methyl sites for hydroxylation is 1. The van der Waals surface area contributed by atoms with E-state index >= 15 is 0 Å². The van der Waals surface area contributed by atoms with Gasteiger partial charge in [0, 0.05) is 19.3 Å². The predicted octanol–water partition coefficient (Wildman–Crippen LogP) is 2.07. The number of nitrogens with zero attached hydrogens (tertiary/aromatic N) is 4. The van der Waals surface area contributed by atoms with E-state index in [1.807, 2.05) is 24.8 Å². The molecule has 0 aliphatic heterocycles. The van der Waals surface area contributed by atoms with Crippen molar-refractivity contribution in [2.24, 2.45) is 12.0 Å². The van der Waals surface area contributed by atoms with Crippen molar-refractivity contribution >= 4 is 17.7 Å². The molecule has 6 nitrogen and oxygen atoms in total. The van der Waals surface area contributed by atoms with E-state index < -0.39 is 0 Å². The average Bonchev–Trinajstić information content (AvgIpc) is 2.97. The molecule has 0 aliphatic carbocycles. The minimum absolute atomic E-state index is 0.209. The number of rotatable bonds is 7. The first kappa shape index (κ1) is 18.3. The number of aliphatic imine (C=N–C) groups is 1. The van der Waals surface area contributed by atoms with Crippen LogP contribution in [0.4, 0.5) is 4.39 Å². The van der Waals surface area contributed by atoms with Crippen LogP contribution in [0.3, 0.4) is 0 Å². The van der Waals surface area contributed by atoms with Gasteiger partial charge in [-0.25, -0.2) is 9.38 Å². The van der Waals surface area contributed by atoms with Crippen LogP contribution in [0.1, 0.15) is 23.9 Å². The molecule has 1 heterocycles. The Labute approximate surface area is 146 Å². The summed E-state index contributed by atoms with van der Waals surface area (Å²) in [5.74, 6) is 2.08. The van der Waals surface area contributed by atoms with Crippen LogP contribution >= 0.6 is 11.8 Å². The Morgan fingerprint density at radius 2 is 2.17 bits per heavy atom. The van der Waals surface area contributed by atoms with Crippen molar-refractivity contribution in [3.05, 3.63) is 47.3 Å². The van der Waals surface area contributed by atoms with E-state index in [9.17, 15) is 4.39 Å². The zero-order valence-corrected chi connectivity index (χ0v) is 15.0. The average molecular weight is 350 g/mol. The van der Waals surface area contributed by atoms with Crippen LogP contribution < -0.4 is 10.6 Å². The van der Waals surface area contributed by atoms with E-state index in [-0.39, 0.29) is 5.82 Å². The van der Waals surface area contributed by atoms with Gasteiger partial charge in [0.15, 0.2) is 11.8 Å². The third-order valence-electron chi connectivity index (χ3n) is 3.44. The number of aromatic nitrogens is 3. The summed E-state index contributed by atoms with van der Waals surface area (Å²) in [5, 5.41) is 14.3. The van der Waals surface area contributed by atoms with Gasteiger partial charge in [-0.05, 0) is 36.4 Å². The van der Waals surface area contributed by atoms with Crippen molar-refractivity contribution in [2.45, 2.75) is 25.8 Å². The van der Waals surface area contributed by atoms with Gasteiger partial charge in [-0.1, -0.05) is 6.07 Å². The van der Waals surface area contributed by atoms with E-state index in [4.69, 9.17) is 0 Å². The summed E-state index contributed by atoms with van der Waals surface area (Å²) in [7, 11) is 1.90. The van der Waals surface area contributed by atoms with Gasteiger partial charge in [-0.3, -0.25) is 0 Å². The summed E-state index contributed by atoms with van der Waals surface area (Å²) in [6.45, 7) is 3.79. The molecule has 2 aromatic rings. The highest BCUT2D eigenvalue weighted by Crippen LogP contribution is 2.17. The number of nitrogens with one attached hydrogen (secondary N) is 2. The molecule has 0 bridgehead atoms. The molecule has 0 spiro atoms. The van der Waals surface area contributed by atoms with Gasteiger partial charge in [0.05, 0.1) is 13.1 Å². The summed E-state index contributed by atoms with van der Waals surface area (Å²) in [6, 6.07) is 4.87. The minimum Gasteiger partial charge on any atom is -0.357 e. The Kier molecular flexibility index (Phi) is 7.05. The lowest BCUT2D eigenvalue weighted by Crippen LogP contribution is -2.37. The normalized spacial score (nSPS) is 11.6. The number of halogens is 1. The lowest BCUT2D eigenvalue weighted by Gasteiger charge is -2.12. The second kappa shape index (κ2) is 9.27. The molecular formula is C16H23FN6S. The zero-order valence-electron chi connectivity index (χ0n) is 14.2. The zero-order chi connectivity index (χ0) is 17.4. The van der Waals surface area contributed by atoms with Gasteiger partial charge < -0.3 is 15.2 Å². The molecule has 0 saturated heterocycles. The Bertz CT molecular complexity index is 685. The van der Waals surface area contributed by atoms with Gasteiger partial charge in [-0.2, -0.15) is 11.8 Å². The molecule has 1 aromatic heterocycles. The third-order valence-corrected chi connectivity index (χ3v) is 4.04. The van der Waals surface area contributed by atoms with Gasteiger partial charge >= 0.3 is 0 Å². The van der Waals surface area contributed by atoms with Gasteiger partial charge in [0.25, 0.3) is 0 Å². The third kappa shape index (κ3) is 5.23. The quantitative estimate of drug-likeness (QED) is 0.591. The Morgan fingerprint density at radius 3 is 2.83 bits per heavy atom. The van der Waals surface area contributed by atoms with Crippen LogP contribution in [-0.2, 0) is 25.9 Å². The molecule has 8 heteroatoms. The molecule has 0 fully saturated rings. The van der Waals surface area contributed by atoms with Gasteiger partial charge in [0.2, 0.25) is 0 Å². The van der Waals surface area contributed by atoms with Crippen LogP contribution in [0.5, 0.6) is 0 Å². The summed E-state index contributed by atoms with van der Waals surface area (Å²) in [6.07, 6.45) is 3.67. The van der Waals surface area contributed by atoms with Crippen molar-refractivity contribution in [3.63, 3.8) is 0 Å². The number of benzene rings is 1. The lowest BCUT2D eigenvalue weighted by atomic mass is 10.1. The number of hydrogen-bond donors (Lipinski definition) is 2. The smallest absolute Gasteiger partial charge is 0.191 e. The molecule has 0 unspecified atom stereocenters. The Hall–Kier alpha value is -2.09. The van der Waals surface area contributed by atoms with E-state index in [0.717, 1.165) is 29.2 Å². The molecule has 1 aromatic carbocycles. The van der Waals surface area contributed by atoms with Crippen LogP contribution in [-0.4, -0.2) is 33.5 Å². The molecule has 130 valence electrons. The summed E-state index contributed by atoms with van der Waals surface area (Å²) < 4.78 is 15.3. The highest BCUT2D eigenvalue weighted by Gasteiger charge is 2.06. The fourth-order valence-corrected chi connectivity index (χ4v) is 2.75. The SMILES string of the molecule is CCNC(=NCc1ccc(F)cc1CSC)NCc1nncn1C. The first-order chi connectivity index (χ1) is 11.6. The topological polar surface area (TPSA) is 67.1 Å². The maximum absolute atomic E-state index is 13.4. The fraction of sp³-hybridized carbons (Fsp3) is 0.438. The highest BCUT2D eigenvalue weighted by molar-refractivity contribution is 7.97. The van der Waals surface area contributed by atoms with Crippen LogP contribution in [0.15, 0.2) is 29.5 Å². The van der Waals surface area contributed by atoms with Crippen molar-refractivity contribution in [3.8, 4) is 0 Å². The van der Waals surface area contributed by atoms with Crippen LogP contribution in [0.25, 0.3) is 0 Å². The number of thioether (sulfide) groups is 1. The van der Waals surface area contributed by atoms with Gasteiger partial charge in [-0.15, -0.1) is 10.2 Å². The van der Waals surface area contributed by atoms with Crippen LogP contribution in [0, 0.1) is 5.82 Å². The molecule has 0 saturated carbocycles. The Balaban J connectivity index is 2.06. The van der Waals surface area contributed by atoms with E-state index in [2.05, 4.69) is 25.8 Å².